The van der Waals surface area contributed by atoms with Crippen LogP contribution in [0.1, 0.15) is 20.3 Å². The van der Waals surface area contributed by atoms with Crippen LogP contribution in [0.4, 0.5) is 4.79 Å². The maximum atomic E-state index is 11.5. The summed E-state index contributed by atoms with van der Waals surface area (Å²) in [5.41, 5.74) is 0. The number of aliphatic carboxylic acids is 1. The molecule has 0 radical (unpaired) electrons. The van der Waals surface area contributed by atoms with E-state index < -0.39 is 18.1 Å². The predicted molar refractivity (Wildman–Crippen MR) is 66.5 cm³/mol. The molecule has 0 heterocycles. The van der Waals surface area contributed by atoms with Crippen LogP contribution < -0.4 is 10.1 Å². The molecule has 0 aliphatic carbocycles. The third-order valence-electron chi connectivity index (χ3n) is 2.25. The summed E-state index contributed by atoms with van der Waals surface area (Å²) in [5.74, 6) is -0.513. The smallest absolute Gasteiger partial charge is 0.413 e. The van der Waals surface area contributed by atoms with Gasteiger partial charge in [-0.3, -0.25) is 0 Å². The van der Waals surface area contributed by atoms with Crippen LogP contribution >= 0.6 is 0 Å². The van der Waals surface area contributed by atoms with Crippen LogP contribution in [0.5, 0.6) is 5.75 Å². The number of benzene rings is 1. The molecular formula is C13H17NO4. The van der Waals surface area contributed by atoms with Gasteiger partial charge >= 0.3 is 12.1 Å². The van der Waals surface area contributed by atoms with Gasteiger partial charge in [-0.2, -0.15) is 0 Å². The highest BCUT2D eigenvalue weighted by atomic mass is 16.6. The summed E-state index contributed by atoms with van der Waals surface area (Å²) < 4.78 is 4.96. The van der Waals surface area contributed by atoms with Gasteiger partial charge < -0.3 is 15.2 Å². The fourth-order valence-electron chi connectivity index (χ4n) is 1.46. The van der Waals surface area contributed by atoms with Crippen molar-refractivity contribution < 1.29 is 19.4 Å². The van der Waals surface area contributed by atoms with Gasteiger partial charge in [0.2, 0.25) is 0 Å². The number of ether oxygens (including phenoxy) is 1. The molecule has 0 bridgehead atoms. The van der Waals surface area contributed by atoms with Crippen molar-refractivity contribution in [1.82, 2.24) is 5.32 Å². The van der Waals surface area contributed by atoms with Crippen molar-refractivity contribution in [1.29, 1.82) is 0 Å². The quantitative estimate of drug-likeness (QED) is 0.841. The van der Waals surface area contributed by atoms with Crippen molar-refractivity contribution in [2.45, 2.75) is 26.3 Å². The number of para-hydroxylation sites is 1. The molecule has 1 aromatic carbocycles. The Bertz CT molecular complexity index is 403. The molecule has 0 spiro atoms. The van der Waals surface area contributed by atoms with Gasteiger partial charge in [0.15, 0.2) is 0 Å². The average molecular weight is 251 g/mol. The number of carbonyl (C=O) groups is 2. The number of nitrogens with one attached hydrogen (secondary N) is 1. The van der Waals surface area contributed by atoms with Crippen LogP contribution in [0.25, 0.3) is 0 Å². The van der Waals surface area contributed by atoms with Gasteiger partial charge in [0.1, 0.15) is 11.8 Å². The van der Waals surface area contributed by atoms with E-state index in [-0.39, 0.29) is 5.92 Å². The number of carboxylic acid groups (broad SMARTS) is 1. The maximum Gasteiger partial charge on any atom is 0.413 e. The standard InChI is InChI=1S/C13H17NO4/c1-9(2)8-11(12(15)16)14-13(17)18-10-6-4-3-5-7-10/h3-7,9,11H,8H2,1-2H3,(H,14,17)(H,15,16)/t11-/m0/s1. The summed E-state index contributed by atoms with van der Waals surface area (Å²) in [6.45, 7) is 3.78. The minimum Gasteiger partial charge on any atom is -0.480 e. The molecule has 98 valence electrons. The SMILES string of the molecule is CC(C)C[C@H](NC(=O)Oc1ccccc1)C(=O)O. The molecule has 0 unspecified atom stereocenters. The summed E-state index contributed by atoms with van der Waals surface area (Å²) in [5, 5.41) is 11.3. The molecule has 0 aliphatic heterocycles. The zero-order valence-corrected chi connectivity index (χ0v) is 10.4. The number of hydrogen-bond acceptors (Lipinski definition) is 3. The highest BCUT2D eigenvalue weighted by Crippen LogP contribution is 2.09. The van der Waals surface area contributed by atoms with Crippen LogP contribution in [-0.4, -0.2) is 23.2 Å². The van der Waals surface area contributed by atoms with E-state index in [2.05, 4.69) is 5.32 Å². The molecule has 0 saturated heterocycles. The lowest BCUT2D eigenvalue weighted by Gasteiger charge is -2.16. The Kier molecular flexibility index (Phi) is 5.17. The molecule has 0 aliphatic rings. The third kappa shape index (κ3) is 4.86. The zero-order valence-electron chi connectivity index (χ0n) is 10.4. The Hall–Kier alpha value is -2.04. The Balaban J connectivity index is 2.54. The maximum absolute atomic E-state index is 11.5. The van der Waals surface area contributed by atoms with E-state index in [9.17, 15) is 9.59 Å². The average Bonchev–Trinajstić information content (AvgIpc) is 2.28. The lowest BCUT2D eigenvalue weighted by atomic mass is 10.0. The molecule has 5 heteroatoms. The fraction of sp³-hybridized carbons (Fsp3) is 0.385. The van der Waals surface area contributed by atoms with Crippen molar-refractivity contribution >= 4 is 12.1 Å². The molecule has 1 amide bonds. The number of amides is 1. The van der Waals surface area contributed by atoms with Crippen LogP contribution in [0.2, 0.25) is 0 Å². The van der Waals surface area contributed by atoms with Gasteiger partial charge in [0.05, 0.1) is 0 Å². The van der Waals surface area contributed by atoms with E-state index in [0.717, 1.165) is 0 Å². The predicted octanol–water partition coefficient (Wildman–Crippen LogP) is 2.27. The Labute approximate surface area is 106 Å². The van der Waals surface area contributed by atoms with Crippen LogP contribution in [0.15, 0.2) is 30.3 Å². The molecule has 0 aromatic heterocycles. The van der Waals surface area contributed by atoms with Crippen LogP contribution in [0.3, 0.4) is 0 Å². The van der Waals surface area contributed by atoms with E-state index in [1.54, 1.807) is 30.3 Å². The first kappa shape index (κ1) is 14.0. The van der Waals surface area contributed by atoms with E-state index in [1.165, 1.54) is 0 Å². The minimum absolute atomic E-state index is 0.170. The molecule has 5 nitrogen and oxygen atoms in total. The number of carboxylic acids is 1. The van der Waals surface area contributed by atoms with Gasteiger partial charge in [-0.05, 0) is 24.5 Å². The summed E-state index contributed by atoms with van der Waals surface area (Å²) in [6.07, 6.45) is -0.395. The van der Waals surface area contributed by atoms with Crippen molar-refractivity contribution in [3.63, 3.8) is 0 Å². The Morgan fingerprint density at radius 2 is 1.89 bits per heavy atom. The van der Waals surface area contributed by atoms with E-state index in [4.69, 9.17) is 9.84 Å². The second kappa shape index (κ2) is 6.64. The lowest BCUT2D eigenvalue weighted by molar-refractivity contribution is -0.139. The molecule has 0 fully saturated rings. The lowest BCUT2D eigenvalue weighted by Crippen LogP contribution is -2.43. The van der Waals surface area contributed by atoms with E-state index >= 15 is 0 Å². The van der Waals surface area contributed by atoms with Crippen LogP contribution in [0, 0.1) is 5.92 Å². The largest absolute Gasteiger partial charge is 0.480 e. The molecule has 1 atom stereocenters. The summed E-state index contributed by atoms with van der Waals surface area (Å²) >= 11 is 0. The first-order valence-corrected chi connectivity index (χ1v) is 5.75. The molecular weight excluding hydrogens is 234 g/mol. The normalized spacial score (nSPS) is 11.9. The topological polar surface area (TPSA) is 75.6 Å². The van der Waals surface area contributed by atoms with Crippen molar-refractivity contribution in [2.24, 2.45) is 5.92 Å². The van der Waals surface area contributed by atoms with Gasteiger partial charge in [-0.1, -0.05) is 32.0 Å². The highest BCUT2D eigenvalue weighted by molar-refractivity contribution is 5.80. The number of hydrogen-bond donors (Lipinski definition) is 2. The molecule has 18 heavy (non-hydrogen) atoms. The minimum atomic E-state index is -1.06. The number of rotatable bonds is 5. The van der Waals surface area contributed by atoms with Crippen molar-refractivity contribution in [3.8, 4) is 5.75 Å². The first-order valence-electron chi connectivity index (χ1n) is 5.75. The van der Waals surface area contributed by atoms with Gasteiger partial charge in [-0.25, -0.2) is 9.59 Å². The molecule has 1 aromatic rings. The van der Waals surface area contributed by atoms with E-state index in [1.807, 2.05) is 13.8 Å². The Morgan fingerprint density at radius 3 is 2.39 bits per heavy atom. The van der Waals surface area contributed by atoms with Gasteiger partial charge in [-0.15, -0.1) is 0 Å². The van der Waals surface area contributed by atoms with Crippen molar-refractivity contribution in [2.75, 3.05) is 0 Å². The molecule has 0 saturated carbocycles. The fourth-order valence-corrected chi connectivity index (χ4v) is 1.46. The summed E-state index contributed by atoms with van der Waals surface area (Å²) in [4.78, 5) is 22.5. The highest BCUT2D eigenvalue weighted by Gasteiger charge is 2.21. The first-order chi connectivity index (χ1) is 8.49. The van der Waals surface area contributed by atoms with Gasteiger partial charge in [0, 0.05) is 0 Å². The third-order valence-corrected chi connectivity index (χ3v) is 2.25. The monoisotopic (exact) mass is 251 g/mol. The van der Waals surface area contributed by atoms with Crippen molar-refractivity contribution in [3.05, 3.63) is 30.3 Å². The van der Waals surface area contributed by atoms with E-state index in [0.29, 0.717) is 12.2 Å². The zero-order chi connectivity index (χ0) is 13.5. The summed E-state index contributed by atoms with van der Waals surface area (Å²) in [7, 11) is 0. The second-order valence-corrected chi connectivity index (χ2v) is 4.37. The second-order valence-electron chi connectivity index (χ2n) is 4.37. The Morgan fingerprint density at radius 1 is 1.28 bits per heavy atom. The molecule has 1 rings (SSSR count). The van der Waals surface area contributed by atoms with Gasteiger partial charge in [0.25, 0.3) is 0 Å². The van der Waals surface area contributed by atoms with Crippen LogP contribution in [-0.2, 0) is 4.79 Å². The number of carbonyl (C=O) groups excluding carboxylic acids is 1. The molecule has 2 N–H and O–H groups in total. The summed E-state index contributed by atoms with van der Waals surface area (Å²) in [6, 6.07) is 7.57.